The molecule has 0 aliphatic heterocycles. The topological polar surface area (TPSA) is 63.2 Å². The number of halogens is 5. The van der Waals surface area contributed by atoms with Crippen molar-refractivity contribution in [3.8, 4) is 0 Å². The van der Waals surface area contributed by atoms with Crippen LogP contribution in [0.5, 0.6) is 0 Å². The van der Waals surface area contributed by atoms with Gasteiger partial charge >= 0.3 is 11.9 Å². The Hall–Kier alpha value is -2.49. The average Bonchev–Trinajstić information content (AvgIpc) is 2.54. The third-order valence-electron chi connectivity index (χ3n) is 3.15. The summed E-state index contributed by atoms with van der Waals surface area (Å²) >= 11 is 0. The van der Waals surface area contributed by atoms with Gasteiger partial charge in [-0.05, 0) is 48.5 Å². The molecule has 0 spiro atoms. The molecule has 134 valence electrons. The summed E-state index contributed by atoms with van der Waals surface area (Å²) in [6.07, 6.45) is -4.53. The Kier molecular flexibility index (Phi) is 5.12. The number of anilines is 1. The molecular formula is C15H10F5NO3S. The van der Waals surface area contributed by atoms with E-state index in [0.29, 0.717) is 0 Å². The van der Waals surface area contributed by atoms with Crippen LogP contribution < -0.4 is 5.32 Å². The molecule has 0 saturated heterocycles. The highest BCUT2D eigenvalue weighted by Crippen LogP contribution is 2.29. The van der Waals surface area contributed by atoms with Crippen LogP contribution in [0.3, 0.4) is 0 Å². The molecule has 4 nitrogen and oxygen atoms in total. The fraction of sp³-hybridized carbons (Fsp3) is 0.133. The fourth-order valence-electron chi connectivity index (χ4n) is 1.84. The SMILES string of the molecule is O=C(Nc1ccc(S(=O)(=O)C(F)F)cc1)c1ccc(C(F)(F)F)cc1. The molecule has 0 bridgehead atoms. The van der Waals surface area contributed by atoms with E-state index >= 15 is 0 Å². The van der Waals surface area contributed by atoms with E-state index in [9.17, 15) is 35.2 Å². The van der Waals surface area contributed by atoms with Crippen molar-refractivity contribution in [1.82, 2.24) is 0 Å². The maximum Gasteiger partial charge on any atom is 0.416 e. The van der Waals surface area contributed by atoms with Gasteiger partial charge in [0.1, 0.15) is 0 Å². The maximum absolute atomic E-state index is 12.5. The Bertz CT molecular complexity index is 860. The van der Waals surface area contributed by atoms with Gasteiger partial charge in [-0.1, -0.05) is 0 Å². The molecule has 25 heavy (non-hydrogen) atoms. The van der Waals surface area contributed by atoms with Crippen LogP contribution in [-0.4, -0.2) is 20.1 Å². The summed E-state index contributed by atoms with van der Waals surface area (Å²) < 4.78 is 84.7. The molecule has 0 aromatic heterocycles. The molecule has 0 atom stereocenters. The Morgan fingerprint density at radius 1 is 0.920 bits per heavy atom. The van der Waals surface area contributed by atoms with Crippen molar-refractivity contribution in [3.63, 3.8) is 0 Å². The highest BCUT2D eigenvalue weighted by molar-refractivity contribution is 7.91. The van der Waals surface area contributed by atoms with E-state index in [1.165, 1.54) is 0 Å². The van der Waals surface area contributed by atoms with E-state index in [0.717, 1.165) is 48.5 Å². The third-order valence-corrected chi connectivity index (χ3v) is 4.55. The lowest BCUT2D eigenvalue weighted by molar-refractivity contribution is -0.137. The maximum atomic E-state index is 12.5. The van der Waals surface area contributed by atoms with Crippen LogP contribution in [0.1, 0.15) is 15.9 Å². The molecule has 0 unspecified atom stereocenters. The third kappa shape index (κ3) is 4.32. The first-order chi connectivity index (χ1) is 11.5. The van der Waals surface area contributed by atoms with Crippen LogP contribution in [0.25, 0.3) is 0 Å². The largest absolute Gasteiger partial charge is 0.416 e. The molecule has 0 radical (unpaired) electrons. The molecule has 0 heterocycles. The van der Waals surface area contributed by atoms with Crippen molar-refractivity contribution in [2.24, 2.45) is 0 Å². The number of carbonyl (C=O) groups is 1. The lowest BCUT2D eigenvalue weighted by atomic mass is 10.1. The van der Waals surface area contributed by atoms with Crippen molar-refractivity contribution < 1.29 is 35.2 Å². The Morgan fingerprint density at radius 3 is 1.88 bits per heavy atom. The Labute approximate surface area is 139 Å². The normalized spacial score (nSPS) is 12.2. The number of sulfone groups is 1. The number of benzene rings is 2. The second kappa shape index (κ2) is 6.79. The lowest BCUT2D eigenvalue weighted by Gasteiger charge is -2.09. The van der Waals surface area contributed by atoms with E-state index in [-0.39, 0.29) is 11.3 Å². The molecule has 2 aromatic carbocycles. The zero-order valence-electron chi connectivity index (χ0n) is 12.2. The predicted octanol–water partition coefficient (Wildman–Crippen LogP) is 3.95. The summed E-state index contributed by atoms with van der Waals surface area (Å²) in [5.74, 6) is -4.31. The first-order valence-corrected chi connectivity index (χ1v) is 8.17. The van der Waals surface area contributed by atoms with Gasteiger partial charge in [0.15, 0.2) is 0 Å². The molecule has 10 heteroatoms. The number of amides is 1. The fourth-order valence-corrected chi connectivity index (χ4v) is 2.57. The van der Waals surface area contributed by atoms with Crippen molar-refractivity contribution in [2.45, 2.75) is 16.8 Å². The van der Waals surface area contributed by atoms with E-state index < -0.39 is 38.1 Å². The molecule has 2 rings (SSSR count). The summed E-state index contributed by atoms with van der Waals surface area (Å²) in [6.45, 7) is 0. The smallest absolute Gasteiger partial charge is 0.322 e. The van der Waals surface area contributed by atoms with Crippen LogP contribution in [0, 0.1) is 0 Å². The van der Waals surface area contributed by atoms with Crippen LogP contribution in [0.15, 0.2) is 53.4 Å². The summed E-state index contributed by atoms with van der Waals surface area (Å²) in [7, 11) is -4.75. The molecule has 0 aliphatic rings. The number of carbonyl (C=O) groups excluding carboxylic acids is 1. The lowest BCUT2D eigenvalue weighted by Crippen LogP contribution is -2.14. The Balaban J connectivity index is 2.13. The van der Waals surface area contributed by atoms with Gasteiger partial charge in [-0.2, -0.15) is 22.0 Å². The highest BCUT2D eigenvalue weighted by Gasteiger charge is 2.30. The number of hydrogen-bond acceptors (Lipinski definition) is 3. The quantitative estimate of drug-likeness (QED) is 0.818. The molecule has 1 N–H and O–H groups in total. The number of hydrogen-bond donors (Lipinski definition) is 1. The van der Waals surface area contributed by atoms with Crippen molar-refractivity contribution in [2.75, 3.05) is 5.32 Å². The molecule has 2 aromatic rings. The first kappa shape index (κ1) is 18.8. The highest BCUT2D eigenvalue weighted by atomic mass is 32.2. The summed E-state index contributed by atoms with van der Waals surface area (Å²) in [6, 6.07) is 7.42. The standard InChI is InChI=1S/C15H10F5NO3S/c16-14(17)25(23,24)12-7-5-11(6-8-12)21-13(22)9-1-3-10(4-2-9)15(18,19)20/h1-8,14H,(H,21,22). The first-order valence-electron chi connectivity index (χ1n) is 6.62. The minimum atomic E-state index is -4.75. The molecule has 0 saturated carbocycles. The average molecular weight is 379 g/mol. The van der Waals surface area contributed by atoms with E-state index in [1.54, 1.807) is 0 Å². The van der Waals surface area contributed by atoms with E-state index in [1.807, 2.05) is 0 Å². The number of nitrogens with one attached hydrogen (secondary N) is 1. The molecule has 0 aliphatic carbocycles. The van der Waals surface area contributed by atoms with Crippen LogP contribution in [0.4, 0.5) is 27.6 Å². The zero-order valence-corrected chi connectivity index (χ0v) is 13.0. The van der Waals surface area contributed by atoms with E-state index in [2.05, 4.69) is 5.32 Å². The molecule has 1 amide bonds. The minimum Gasteiger partial charge on any atom is -0.322 e. The van der Waals surface area contributed by atoms with Crippen molar-refractivity contribution in [3.05, 3.63) is 59.7 Å². The van der Waals surface area contributed by atoms with Gasteiger partial charge in [-0.25, -0.2) is 8.42 Å². The van der Waals surface area contributed by atoms with Gasteiger partial charge in [-0.3, -0.25) is 4.79 Å². The van der Waals surface area contributed by atoms with Gasteiger partial charge in [0.25, 0.3) is 5.91 Å². The number of alkyl halides is 5. The van der Waals surface area contributed by atoms with Gasteiger partial charge in [0, 0.05) is 11.3 Å². The van der Waals surface area contributed by atoms with Crippen LogP contribution in [0.2, 0.25) is 0 Å². The second-order valence-corrected chi connectivity index (χ2v) is 6.78. The van der Waals surface area contributed by atoms with Gasteiger partial charge in [0.05, 0.1) is 10.5 Å². The monoisotopic (exact) mass is 379 g/mol. The summed E-state index contributed by atoms with van der Waals surface area (Å²) in [5.41, 5.74) is -0.874. The van der Waals surface area contributed by atoms with Crippen LogP contribution in [-0.2, 0) is 16.0 Å². The molecular weight excluding hydrogens is 369 g/mol. The Morgan fingerprint density at radius 2 is 1.44 bits per heavy atom. The van der Waals surface area contributed by atoms with Crippen molar-refractivity contribution >= 4 is 21.4 Å². The van der Waals surface area contributed by atoms with Crippen LogP contribution >= 0.6 is 0 Å². The van der Waals surface area contributed by atoms with Gasteiger partial charge in [-0.15, -0.1) is 0 Å². The minimum absolute atomic E-state index is 0.0581. The second-order valence-electron chi connectivity index (χ2n) is 4.86. The summed E-state index contributed by atoms with van der Waals surface area (Å²) in [5, 5.41) is 2.32. The molecule has 0 fully saturated rings. The van der Waals surface area contributed by atoms with Crippen molar-refractivity contribution in [1.29, 1.82) is 0 Å². The number of rotatable bonds is 4. The van der Waals surface area contributed by atoms with E-state index in [4.69, 9.17) is 0 Å². The van der Waals surface area contributed by atoms with Gasteiger partial charge < -0.3 is 5.32 Å². The van der Waals surface area contributed by atoms with Gasteiger partial charge in [0.2, 0.25) is 9.84 Å². The summed E-state index contributed by atoms with van der Waals surface area (Å²) in [4.78, 5) is 11.3. The predicted molar refractivity (Wildman–Crippen MR) is 79.0 cm³/mol. The zero-order chi connectivity index (χ0) is 18.8.